The van der Waals surface area contributed by atoms with Gasteiger partial charge in [0, 0.05) is 12.2 Å². The Kier molecular flexibility index (Phi) is 3.48. The van der Waals surface area contributed by atoms with Crippen LogP contribution in [0.3, 0.4) is 0 Å². The lowest BCUT2D eigenvalue weighted by Gasteiger charge is -2.12. The summed E-state index contributed by atoms with van der Waals surface area (Å²) in [5, 5.41) is 4.23. The molecule has 0 atom stereocenters. The molecule has 0 saturated heterocycles. The number of aromatic nitrogens is 2. The lowest BCUT2D eigenvalue weighted by Crippen LogP contribution is -2.10. The fourth-order valence-corrected chi connectivity index (χ4v) is 1.17. The molecule has 0 radical (unpaired) electrons. The highest BCUT2D eigenvalue weighted by Crippen LogP contribution is 2.09. The monoisotopic (exact) mass is 182 g/mol. The maximum Gasteiger partial charge on any atom is 0.0888 e. The van der Waals surface area contributed by atoms with Crippen LogP contribution in [0.4, 0.5) is 0 Å². The van der Waals surface area contributed by atoms with E-state index >= 15 is 0 Å². The number of rotatable bonds is 4. The van der Waals surface area contributed by atoms with Gasteiger partial charge in [-0.25, -0.2) is 0 Å². The molecule has 0 fully saturated rings. The standard InChI is InChI=1S/C10H18N2O/c1-8(2)12-10(5-6-11-12)7-13-9(3)4/h5-6,8-9H,7H2,1-4H3. The van der Waals surface area contributed by atoms with Gasteiger partial charge in [0.1, 0.15) is 0 Å². The molecule has 0 unspecified atom stereocenters. The second-order valence-electron chi connectivity index (χ2n) is 3.72. The minimum Gasteiger partial charge on any atom is -0.373 e. The summed E-state index contributed by atoms with van der Waals surface area (Å²) in [6, 6.07) is 2.41. The lowest BCUT2D eigenvalue weighted by atomic mass is 10.3. The molecule has 74 valence electrons. The first-order valence-electron chi connectivity index (χ1n) is 4.75. The van der Waals surface area contributed by atoms with Gasteiger partial charge >= 0.3 is 0 Å². The summed E-state index contributed by atoms with van der Waals surface area (Å²) < 4.78 is 7.50. The van der Waals surface area contributed by atoms with Crippen molar-refractivity contribution in [3.8, 4) is 0 Å². The zero-order valence-electron chi connectivity index (χ0n) is 8.82. The average Bonchev–Trinajstić information content (AvgIpc) is 2.47. The Morgan fingerprint density at radius 2 is 2.08 bits per heavy atom. The molecule has 0 aliphatic carbocycles. The zero-order valence-corrected chi connectivity index (χ0v) is 8.82. The van der Waals surface area contributed by atoms with E-state index in [0.717, 1.165) is 5.69 Å². The molecule has 1 heterocycles. The normalized spacial score (nSPS) is 11.5. The number of hydrogen-bond acceptors (Lipinski definition) is 2. The van der Waals surface area contributed by atoms with E-state index in [2.05, 4.69) is 18.9 Å². The van der Waals surface area contributed by atoms with Gasteiger partial charge in [-0.2, -0.15) is 5.10 Å². The molecule has 3 heteroatoms. The number of hydrogen-bond donors (Lipinski definition) is 0. The Hall–Kier alpha value is -0.830. The predicted molar refractivity (Wildman–Crippen MR) is 52.5 cm³/mol. The van der Waals surface area contributed by atoms with Crippen molar-refractivity contribution in [1.82, 2.24) is 9.78 Å². The number of nitrogens with zero attached hydrogens (tertiary/aromatic N) is 2. The molecule has 0 N–H and O–H groups in total. The first kappa shape index (κ1) is 10.3. The average molecular weight is 182 g/mol. The van der Waals surface area contributed by atoms with Gasteiger partial charge in [-0.1, -0.05) is 0 Å². The van der Waals surface area contributed by atoms with Gasteiger partial charge in [0.25, 0.3) is 0 Å². The Bertz CT molecular complexity index is 253. The third kappa shape index (κ3) is 2.84. The molecule has 0 saturated carbocycles. The molecule has 0 bridgehead atoms. The fourth-order valence-electron chi connectivity index (χ4n) is 1.17. The van der Waals surface area contributed by atoms with Crippen LogP contribution < -0.4 is 0 Å². The van der Waals surface area contributed by atoms with Gasteiger partial charge in [-0.05, 0) is 33.8 Å². The van der Waals surface area contributed by atoms with Crippen molar-refractivity contribution in [2.45, 2.75) is 46.4 Å². The van der Waals surface area contributed by atoms with E-state index in [0.29, 0.717) is 12.6 Å². The van der Waals surface area contributed by atoms with Crippen LogP contribution in [0.5, 0.6) is 0 Å². The van der Waals surface area contributed by atoms with E-state index in [4.69, 9.17) is 4.74 Å². The van der Waals surface area contributed by atoms with E-state index < -0.39 is 0 Å². The first-order chi connectivity index (χ1) is 6.11. The summed E-state index contributed by atoms with van der Waals surface area (Å²) in [6.45, 7) is 8.96. The molecular weight excluding hydrogens is 164 g/mol. The van der Waals surface area contributed by atoms with Crippen LogP contribution >= 0.6 is 0 Å². The van der Waals surface area contributed by atoms with E-state index in [1.54, 1.807) is 0 Å². The summed E-state index contributed by atoms with van der Waals surface area (Å²) in [7, 11) is 0. The molecule has 1 rings (SSSR count). The van der Waals surface area contributed by atoms with E-state index in [1.165, 1.54) is 0 Å². The lowest BCUT2D eigenvalue weighted by molar-refractivity contribution is 0.0605. The van der Waals surface area contributed by atoms with E-state index in [9.17, 15) is 0 Å². The summed E-state index contributed by atoms with van der Waals surface area (Å²) in [4.78, 5) is 0. The zero-order chi connectivity index (χ0) is 9.84. The third-order valence-corrected chi connectivity index (χ3v) is 1.81. The quantitative estimate of drug-likeness (QED) is 0.715. The summed E-state index contributed by atoms with van der Waals surface area (Å²) >= 11 is 0. The largest absolute Gasteiger partial charge is 0.373 e. The van der Waals surface area contributed by atoms with Gasteiger partial charge in [0.15, 0.2) is 0 Å². The van der Waals surface area contributed by atoms with Gasteiger partial charge in [-0.15, -0.1) is 0 Å². The predicted octanol–water partition coefficient (Wildman–Crippen LogP) is 2.39. The van der Waals surface area contributed by atoms with E-state index in [-0.39, 0.29) is 6.10 Å². The molecule has 0 spiro atoms. The third-order valence-electron chi connectivity index (χ3n) is 1.81. The Labute approximate surface area is 79.7 Å². The topological polar surface area (TPSA) is 27.1 Å². The minimum atomic E-state index is 0.274. The van der Waals surface area contributed by atoms with Crippen LogP contribution in [0.2, 0.25) is 0 Å². The molecule has 0 aliphatic rings. The van der Waals surface area contributed by atoms with Gasteiger partial charge < -0.3 is 4.74 Å². The molecule has 3 nitrogen and oxygen atoms in total. The van der Waals surface area contributed by atoms with Crippen molar-refractivity contribution in [3.63, 3.8) is 0 Å². The van der Waals surface area contributed by atoms with Gasteiger partial charge in [-0.3, -0.25) is 4.68 Å². The molecule has 13 heavy (non-hydrogen) atoms. The SMILES string of the molecule is CC(C)OCc1ccnn1C(C)C. The Morgan fingerprint density at radius 1 is 1.38 bits per heavy atom. The van der Waals surface area contributed by atoms with Crippen LogP contribution in [-0.4, -0.2) is 15.9 Å². The second kappa shape index (κ2) is 4.42. The highest BCUT2D eigenvalue weighted by atomic mass is 16.5. The molecule has 0 aliphatic heterocycles. The van der Waals surface area contributed by atoms with Crippen LogP contribution in [0.1, 0.15) is 39.4 Å². The first-order valence-corrected chi connectivity index (χ1v) is 4.75. The molecule has 1 aromatic heterocycles. The maximum atomic E-state index is 5.52. The van der Waals surface area contributed by atoms with Crippen molar-refractivity contribution < 1.29 is 4.74 Å². The molecule has 0 amide bonds. The van der Waals surface area contributed by atoms with Crippen molar-refractivity contribution in [1.29, 1.82) is 0 Å². The molecule has 1 aromatic rings. The highest BCUT2D eigenvalue weighted by Gasteiger charge is 2.05. The maximum absolute atomic E-state index is 5.52. The summed E-state index contributed by atoms with van der Waals surface area (Å²) in [6.07, 6.45) is 2.09. The summed E-state index contributed by atoms with van der Waals surface area (Å²) in [5.41, 5.74) is 1.14. The van der Waals surface area contributed by atoms with Gasteiger partial charge in [0.05, 0.1) is 18.4 Å². The van der Waals surface area contributed by atoms with Gasteiger partial charge in [0.2, 0.25) is 0 Å². The van der Waals surface area contributed by atoms with Crippen molar-refractivity contribution in [3.05, 3.63) is 18.0 Å². The van der Waals surface area contributed by atoms with Crippen molar-refractivity contribution in [2.24, 2.45) is 0 Å². The van der Waals surface area contributed by atoms with Crippen molar-refractivity contribution >= 4 is 0 Å². The molecule has 0 aromatic carbocycles. The minimum absolute atomic E-state index is 0.274. The highest BCUT2D eigenvalue weighted by molar-refractivity contribution is 4.99. The fraction of sp³-hybridized carbons (Fsp3) is 0.700. The molecular formula is C10H18N2O. The van der Waals surface area contributed by atoms with Crippen molar-refractivity contribution in [2.75, 3.05) is 0 Å². The van der Waals surface area contributed by atoms with E-state index in [1.807, 2.05) is 30.8 Å². The Balaban J connectivity index is 2.60. The van der Waals surface area contributed by atoms with Crippen LogP contribution in [-0.2, 0) is 11.3 Å². The Morgan fingerprint density at radius 3 is 2.62 bits per heavy atom. The van der Waals surface area contributed by atoms with Crippen LogP contribution in [0.15, 0.2) is 12.3 Å². The van der Waals surface area contributed by atoms with Crippen LogP contribution in [0.25, 0.3) is 0 Å². The summed E-state index contributed by atoms with van der Waals surface area (Å²) in [5.74, 6) is 0. The smallest absolute Gasteiger partial charge is 0.0888 e. The van der Waals surface area contributed by atoms with Crippen LogP contribution in [0, 0.1) is 0 Å². The second-order valence-corrected chi connectivity index (χ2v) is 3.72. The number of ether oxygens (including phenoxy) is 1.